The van der Waals surface area contributed by atoms with Crippen LogP contribution in [0.15, 0.2) is 57.3 Å². The van der Waals surface area contributed by atoms with Gasteiger partial charge in [-0.25, -0.2) is 17.2 Å². The fourth-order valence-corrected chi connectivity index (χ4v) is 5.31. The number of aliphatic imine (C=N–C) groups is 1. The Morgan fingerprint density at radius 1 is 1.23 bits per heavy atom. The Hall–Kier alpha value is -4.37. The molecule has 5 N–H and O–H groups in total. The Bertz CT molecular complexity index is 1660. The number of halogens is 2. The minimum absolute atomic E-state index is 0.183. The second-order valence-electron chi connectivity index (χ2n) is 8.93. The van der Waals surface area contributed by atoms with E-state index < -0.39 is 62.5 Å². The molecule has 2 aromatic carbocycles. The van der Waals surface area contributed by atoms with Gasteiger partial charge in [-0.3, -0.25) is 19.4 Å². The topological polar surface area (TPSA) is 171 Å². The molecule has 15 heteroatoms. The zero-order valence-corrected chi connectivity index (χ0v) is 22.0. The van der Waals surface area contributed by atoms with Crippen LogP contribution in [-0.2, 0) is 28.4 Å². The number of aromatic nitrogens is 1. The van der Waals surface area contributed by atoms with Gasteiger partial charge in [-0.05, 0) is 24.6 Å². The van der Waals surface area contributed by atoms with Crippen molar-refractivity contribution >= 4 is 38.8 Å². The van der Waals surface area contributed by atoms with Gasteiger partial charge >= 0.3 is 5.97 Å². The lowest BCUT2D eigenvalue weighted by molar-refractivity contribution is -0.138. The van der Waals surface area contributed by atoms with Crippen LogP contribution in [0.4, 0.5) is 8.78 Å². The summed E-state index contributed by atoms with van der Waals surface area (Å²) in [4.78, 5) is 41.5. The van der Waals surface area contributed by atoms with Gasteiger partial charge in [-0.1, -0.05) is 18.2 Å². The zero-order chi connectivity index (χ0) is 29.0. The first kappa shape index (κ1) is 28.6. The minimum atomic E-state index is -4.23. The largest absolute Gasteiger partial charge is 0.480 e. The number of benzene rings is 2. The van der Waals surface area contributed by atoms with Gasteiger partial charge in [0.2, 0.25) is 15.5 Å². The summed E-state index contributed by atoms with van der Waals surface area (Å²) in [6.07, 6.45) is 1.87. The highest BCUT2D eigenvalue weighted by molar-refractivity contribution is 7.89. The number of hydrogen-bond acceptors (Lipinski definition) is 8. The van der Waals surface area contributed by atoms with Crippen LogP contribution in [0, 0.1) is 11.6 Å². The molecule has 3 aromatic rings. The Morgan fingerprint density at radius 3 is 2.60 bits per heavy atom. The van der Waals surface area contributed by atoms with Crippen molar-refractivity contribution in [3.8, 4) is 0 Å². The molecule has 0 saturated carbocycles. The SMILES string of the molecule is Cn1cc(C(=O)NCC(NS(=O)(=O)c2ccccc2)C(=O)O)c(=O)c2cc(F)c(CNC3=NCCCN3)c(F)c21. The Balaban J connectivity index is 1.56. The Labute approximate surface area is 227 Å². The van der Waals surface area contributed by atoms with Gasteiger partial charge in [-0.2, -0.15) is 4.72 Å². The fourth-order valence-electron chi connectivity index (χ4n) is 4.10. The molecule has 0 saturated heterocycles. The third kappa shape index (κ3) is 6.10. The quantitative estimate of drug-likeness (QED) is 0.244. The maximum absolute atomic E-state index is 15.4. The van der Waals surface area contributed by atoms with Crippen molar-refractivity contribution < 1.29 is 31.9 Å². The predicted octanol–water partition coefficient (Wildman–Crippen LogP) is 0.417. The molecule has 1 aliphatic heterocycles. The molecule has 212 valence electrons. The van der Waals surface area contributed by atoms with Crippen molar-refractivity contribution in [2.24, 2.45) is 12.0 Å². The molecule has 1 atom stereocenters. The predicted molar refractivity (Wildman–Crippen MR) is 141 cm³/mol. The lowest BCUT2D eigenvalue weighted by Gasteiger charge is -2.18. The highest BCUT2D eigenvalue weighted by Gasteiger charge is 2.27. The lowest BCUT2D eigenvalue weighted by Crippen LogP contribution is -2.48. The highest BCUT2D eigenvalue weighted by Crippen LogP contribution is 2.22. The van der Waals surface area contributed by atoms with Crippen LogP contribution in [0.5, 0.6) is 0 Å². The van der Waals surface area contributed by atoms with Crippen LogP contribution < -0.4 is 26.1 Å². The molecule has 12 nitrogen and oxygen atoms in total. The number of amides is 1. The van der Waals surface area contributed by atoms with Crippen LogP contribution in [0.25, 0.3) is 10.9 Å². The lowest BCUT2D eigenvalue weighted by atomic mass is 10.1. The maximum Gasteiger partial charge on any atom is 0.323 e. The number of fused-ring (bicyclic) bond motifs is 1. The second kappa shape index (κ2) is 11.8. The van der Waals surface area contributed by atoms with E-state index in [4.69, 9.17) is 0 Å². The summed E-state index contributed by atoms with van der Waals surface area (Å²) in [7, 11) is -2.88. The van der Waals surface area contributed by atoms with E-state index >= 15 is 4.39 Å². The summed E-state index contributed by atoms with van der Waals surface area (Å²) < 4.78 is 58.4. The van der Waals surface area contributed by atoms with E-state index in [2.05, 4.69) is 20.9 Å². The van der Waals surface area contributed by atoms with E-state index in [1.54, 1.807) is 6.07 Å². The van der Waals surface area contributed by atoms with Crippen LogP contribution >= 0.6 is 0 Å². The number of nitrogens with zero attached hydrogens (tertiary/aromatic N) is 2. The van der Waals surface area contributed by atoms with Crippen molar-refractivity contribution in [1.29, 1.82) is 0 Å². The van der Waals surface area contributed by atoms with Gasteiger partial charge in [-0.15, -0.1) is 0 Å². The third-order valence-corrected chi connectivity index (χ3v) is 7.63. The van der Waals surface area contributed by atoms with Crippen molar-refractivity contribution in [2.75, 3.05) is 19.6 Å². The average molecular weight is 577 g/mol. The van der Waals surface area contributed by atoms with Crippen LogP contribution in [0.3, 0.4) is 0 Å². The molecule has 1 amide bonds. The molecule has 1 aromatic heterocycles. The van der Waals surface area contributed by atoms with E-state index in [0.29, 0.717) is 19.0 Å². The van der Waals surface area contributed by atoms with Crippen LogP contribution in [-0.4, -0.2) is 61.6 Å². The summed E-state index contributed by atoms with van der Waals surface area (Å²) in [6.45, 7) is 0.279. The fraction of sp³-hybridized carbons (Fsp3) is 0.280. The molecule has 2 heterocycles. The average Bonchev–Trinajstić information content (AvgIpc) is 2.93. The van der Waals surface area contributed by atoms with Crippen molar-refractivity contribution in [3.05, 3.63) is 75.6 Å². The number of sulfonamides is 1. The van der Waals surface area contributed by atoms with Crippen molar-refractivity contribution in [2.45, 2.75) is 23.9 Å². The van der Waals surface area contributed by atoms with E-state index in [0.717, 1.165) is 23.3 Å². The highest BCUT2D eigenvalue weighted by atomic mass is 32.2. The molecule has 1 unspecified atom stereocenters. The summed E-state index contributed by atoms with van der Waals surface area (Å²) in [6, 6.07) is 6.08. The summed E-state index contributed by atoms with van der Waals surface area (Å²) >= 11 is 0. The molecular formula is C25H26F2N6O6S. The molecule has 40 heavy (non-hydrogen) atoms. The summed E-state index contributed by atoms with van der Waals surface area (Å²) in [5.41, 5.74) is -2.07. The molecule has 0 fully saturated rings. The van der Waals surface area contributed by atoms with Crippen LogP contribution in [0.1, 0.15) is 22.3 Å². The molecule has 0 aliphatic carbocycles. The monoisotopic (exact) mass is 576 g/mol. The summed E-state index contributed by atoms with van der Waals surface area (Å²) in [5, 5.41) is 17.1. The summed E-state index contributed by atoms with van der Waals surface area (Å²) in [5.74, 6) is -4.24. The normalized spacial score (nSPS) is 14.2. The van der Waals surface area contributed by atoms with Gasteiger partial charge < -0.3 is 25.6 Å². The molecule has 1 aliphatic rings. The first-order chi connectivity index (χ1) is 19.0. The zero-order valence-electron chi connectivity index (χ0n) is 21.2. The standard InChI is InChI=1S/C25H26F2N6O6S/c1-33-13-17(23(35)30-12-19(24(36)37)32-40(38,39)14-6-3-2-4-7-14)22(34)15-10-18(26)16(20(27)21(15)33)11-31-25-28-8-5-9-29-25/h2-4,6-7,10,13,19,32H,5,8-9,11-12H2,1H3,(H,30,35)(H,36,37)(H2,28,29,31). The van der Waals surface area contributed by atoms with Crippen molar-refractivity contribution in [1.82, 2.24) is 25.2 Å². The van der Waals surface area contributed by atoms with Gasteiger partial charge in [0.1, 0.15) is 17.4 Å². The first-order valence-corrected chi connectivity index (χ1v) is 13.6. The number of rotatable bonds is 9. The van der Waals surface area contributed by atoms with Gasteiger partial charge in [0.25, 0.3) is 5.91 Å². The number of aliphatic carboxylic acids is 1. The number of carboxylic acids is 1. The number of hydrogen-bond donors (Lipinski definition) is 5. The van der Waals surface area contributed by atoms with Crippen LogP contribution in [0.2, 0.25) is 0 Å². The number of guanidine groups is 1. The van der Waals surface area contributed by atoms with E-state index in [1.165, 1.54) is 31.3 Å². The van der Waals surface area contributed by atoms with Gasteiger partial charge in [0, 0.05) is 45.0 Å². The second-order valence-corrected chi connectivity index (χ2v) is 10.6. The molecule has 0 bridgehead atoms. The van der Waals surface area contributed by atoms with E-state index in [-0.39, 0.29) is 22.5 Å². The minimum Gasteiger partial charge on any atom is -0.480 e. The van der Waals surface area contributed by atoms with Gasteiger partial charge in [0.15, 0.2) is 11.8 Å². The number of carboxylic acid groups (broad SMARTS) is 1. The molecule has 4 rings (SSSR count). The third-order valence-electron chi connectivity index (χ3n) is 6.14. The smallest absolute Gasteiger partial charge is 0.323 e. The first-order valence-electron chi connectivity index (χ1n) is 12.1. The maximum atomic E-state index is 15.4. The number of carbonyl (C=O) groups is 2. The molecule has 0 spiro atoms. The molecular weight excluding hydrogens is 550 g/mol. The van der Waals surface area contributed by atoms with E-state index in [1.807, 2.05) is 4.72 Å². The molecule has 0 radical (unpaired) electrons. The Morgan fingerprint density at radius 2 is 1.95 bits per heavy atom. The number of carbonyl (C=O) groups excluding carboxylic acids is 1. The van der Waals surface area contributed by atoms with Crippen molar-refractivity contribution in [3.63, 3.8) is 0 Å². The number of nitrogens with one attached hydrogen (secondary N) is 4. The number of pyridine rings is 1. The van der Waals surface area contributed by atoms with E-state index in [9.17, 15) is 32.3 Å². The Kier molecular flexibility index (Phi) is 8.44. The number of aryl methyl sites for hydroxylation is 1. The van der Waals surface area contributed by atoms with Gasteiger partial charge in [0.05, 0.1) is 15.8 Å².